The van der Waals surface area contributed by atoms with Gasteiger partial charge in [-0.1, -0.05) is 30.3 Å². The molecule has 0 amide bonds. The molecule has 0 aromatic heterocycles. The minimum absolute atomic E-state index is 0.511. The van der Waals surface area contributed by atoms with E-state index in [1.54, 1.807) is 7.11 Å². The van der Waals surface area contributed by atoms with Crippen molar-refractivity contribution in [2.75, 3.05) is 20.8 Å². The Morgan fingerprint density at radius 2 is 2.00 bits per heavy atom. The summed E-state index contributed by atoms with van der Waals surface area (Å²) in [6, 6.07) is 11.1. The minimum Gasteiger partial charge on any atom is -0.385 e. The highest BCUT2D eigenvalue weighted by molar-refractivity contribution is 5.15. The standard InChI is InChI=1S/C12H19NO/c1-13-12(8-9-14-2)10-11-6-4-3-5-7-11/h3-7,12-13H,8-10H2,1-2H3. The first-order chi connectivity index (χ1) is 6.86. The molecule has 1 N–H and O–H groups in total. The lowest BCUT2D eigenvalue weighted by molar-refractivity contribution is 0.184. The Bertz CT molecular complexity index is 235. The fraction of sp³-hybridized carbons (Fsp3) is 0.500. The molecule has 14 heavy (non-hydrogen) atoms. The van der Waals surface area contributed by atoms with Crippen LogP contribution in [-0.2, 0) is 11.2 Å². The van der Waals surface area contributed by atoms with Crippen LogP contribution in [0.2, 0.25) is 0 Å². The number of hydrogen-bond donors (Lipinski definition) is 1. The van der Waals surface area contributed by atoms with Gasteiger partial charge in [0.1, 0.15) is 0 Å². The molecular weight excluding hydrogens is 174 g/mol. The largest absolute Gasteiger partial charge is 0.385 e. The second-order valence-electron chi connectivity index (χ2n) is 3.46. The fourth-order valence-electron chi connectivity index (χ4n) is 1.51. The van der Waals surface area contributed by atoms with Crippen molar-refractivity contribution in [2.24, 2.45) is 0 Å². The van der Waals surface area contributed by atoms with E-state index in [9.17, 15) is 0 Å². The van der Waals surface area contributed by atoms with Crippen LogP contribution >= 0.6 is 0 Å². The number of likely N-dealkylation sites (N-methyl/N-ethyl adjacent to an activating group) is 1. The van der Waals surface area contributed by atoms with Crippen LogP contribution < -0.4 is 5.32 Å². The Labute approximate surface area is 86.3 Å². The number of benzene rings is 1. The molecule has 0 bridgehead atoms. The predicted molar refractivity (Wildman–Crippen MR) is 59.5 cm³/mol. The second kappa shape index (κ2) is 6.57. The average Bonchev–Trinajstić information content (AvgIpc) is 2.25. The maximum atomic E-state index is 5.07. The molecule has 0 aliphatic rings. The summed E-state index contributed by atoms with van der Waals surface area (Å²) in [5.41, 5.74) is 1.38. The Morgan fingerprint density at radius 3 is 2.57 bits per heavy atom. The molecule has 0 radical (unpaired) electrons. The molecule has 1 aromatic carbocycles. The molecule has 0 aliphatic heterocycles. The monoisotopic (exact) mass is 193 g/mol. The van der Waals surface area contributed by atoms with E-state index in [1.807, 2.05) is 13.1 Å². The quantitative estimate of drug-likeness (QED) is 0.744. The van der Waals surface area contributed by atoms with E-state index in [4.69, 9.17) is 4.74 Å². The fourth-order valence-corrected chi connectivity index (χ4v) is 1.51. The first-order valence-electron chi connectivity index (χ1n) is 5.07. The third-order valence-corrected chi connectivity index (χ3v) is 2.40. The Morgan fingerprint density at radius 1 is 1.29 bits per heavy atom. The molecule has 2 nitrogen and oxygen atoms in total. The first kappa shape index (κ1) is 11.2. The molecule has 0 aliphatic carbocycles. The van der Waals surface area contributed by atoms with Crippen molar-refractivity contribution in [3.8, 4) is 0 Å². The van der Waals surface area contributed by atoms with Gasteiger partial charge in [0, 0.05) is 19.8 Å². The third-order valence-electron chi connectivity index (χ3n) is 2.40. The molecule has 1 rings (SSSR count). The van der Waals surface area contributed by atoms with Gasteiger partial charge in [0.15, 0.2) is 0 Å². The van der Waals surface area contributed by atoms with Gasteiger partial charge in [-0.25, -0.2) is 0 Å². The highest BCUT2D eigenvalue weighted by atomic mass is 16.5. The normalized spacial score (nSPS) is 12.7. The smallest absolute Gasteiger partial charge is 0.0477 e. The highest BCUT2D eigenvalue weighted by Crippen LogP contribution is 2.05. The van der Waals surface area contributed by atoms with Crippen molar-refractivity contribution in [1.82, 2.24) is 5.32 Å². The van der Waals surface area contributed by atoms with Crippen LogP contribution in [0.1, 0.15) is 12.0 Å². The number of methoxy groups -OCH3 is 1. The number of nitrogens with one attached hydrogen (secondary N) is 1. The third kappa shape index (κ3) is 3.90. The summed E-state index contributed by atoms with van der Waals surface area (Å²) in [6.45, 7) is 0.818. The van der Waals surface area contributed by atoms with Gasteiger partial charge < -0.3 is 10.1 Å². The Hall–Kier alpha value is -0.860. The average molecular weight is 193 g/mol. The molecule has 0 saturated carbocycles. The Kier molecular flexibility index (Phi) is 5.27. The van der Waals surface area contributed by atoms with Gasteiger partial charge >= 0.3 is 0 Å². The van der Waals surface area contributed by atoms with Crippen LogP contribution in [0.15, 0.2) is 30.3 Å². The summed E-state index contributed by atoms with van der Waals surface area (Å²) in [7, 11) is 3.75. The van der Waals surface area contributed by atoms with Crippen LogP contribution in [0, 0.1) is 0 Å². The van der Waals surface area contributed by atoms with E-state index in [0.717, 1.165) is 19.4 Å². The topological polar surface area (TPSA) is 21.3 Å². The van der Waals surface area contributed by atoms with Crippen LogP contribution in [0.4, 0.5) is 0 Å². The van der Waals surface area contributed by atoms with Gasteiger partial charge in [0.25, 0.3) is 0 Å². The second-order valence-corrected chi connectivity index (χ2v) is 3.46. The zero-order valence-corrected chi connectivity index (χ0v) is 8.99. The van der Waals surface area contributed by atoms with Gasteiger partial charge in [0.05, 0.1) is 0 Å². The van der Waals surface area contributed by atoms with E-state index in [1.165, 1.54) is 5.56 Å². The first-order valence-corrected chi connectivity index (χ1v) is 5.07. The maximum absolute atomic E-state index is 5.07. The molecule has 0 fully saturated rings. The van der Waals surface area contributed by atoms with Gasteiger partial charge in [-0.05, 0) is 25.5 Å². The van der Waals surface area contributed by atoms with Crippen molar-refractivity contribution in [1.29, 1.82) is 0 Å². The SMILES string of the molecule is CNC(CCOC)Cc1ccccc1. The number of hydrogen-bond acceptors (Lipinski definition) is 2. The van der Waals surface area contributed by atoms with Crippen molar-refractivity contribution in [3.63, 3.8) is 0 Å². The summed E-state index contributed by atoms with van der Waals surface area (Å²) >= 11 is 0. The van der Waals surface area contributed by atoms with Crippen molar-refractivity contribution in [3.05, 3.63) is 35.9 Å². The predicted octanol–water partition coefficient (Wildman–Crippen LogP) is 1.85. The van der Waals surface area contributed by atoms with Crippen LogP contribution in [0.5, 0.6) is 0 Å². The molecule has 0 saturated heterocycles. The lowest BCUT2D eigenvalue weighted by Gasteiger charge is -2.15. The van der Waals surface area contributed by atoms with Gasteiger partial charge in [-0.3, -0.25) is 0 Å². The summed E-state index contributed by atoms with van der Waals surface area (Å²) in [6.07, 6.45) is 2.13. The molecular formula is C12H19NO. The summed E-state index contributed by atoms with van der Waals surface area (Å²) in [5, 5.41) is 3.31. The maximum Gasteiger partial charge on any atom is 0.0477 e. The van der Waals surface area contributed by atoms with Crippen molar-refractivity contribution < 1.29 is 4.74 Å². The van der Waals surface area contributed by atoms with E-state index >= 15 is 0 Å². The molecule has 1 unspecified atom stereocenters. The summed E-state index contributed by atoms with van der Waals surface area (Å²) < 4.78 is 5.07. The number of ether oxygens (including phenoxy) is 1. The van der Waals surface area contributed by atoms with Gasteiger partial charge in [0.2, 0.25) is 0 Å². The molecule has 2 heteroatoms. The van der Waals surface area contributed by atoms with Crippen molar-refractivity contribution >= 4 is 0 Å². The van der Waals surface area contributed by atoms with E-state index in [0.29, 0.717) is 6.04 Å². The number of rotatable bonds is 6. The van der Waals surface area contributed by atoms with Gasteiger partial charge in [-0.15, -0.1) is 0 Å². The van der Waals surface area contributed by atoms with Gasteiger partial charge in [-0.2, -0.15) is 0 Å². The highest BCUT2D eigenvalue weighted by Gasteiger charge is 2.05. The van der Waals surface area contributed by atoms with Crippen LogP contribution in [-0.4, -0.2) is 26.8 Å². The van der Waals surface area contributed by atoms with E-state index < -0.39 is 0 Å². The zero-order chi connectivity index (χ0) is 10.2. The molecule has 0 spiro atoms. The Balaban J connectivity index is 2.40. The van der Waals surface area contributed by atoms with Crippen molar-refractivity contribution in [2.45, 2.75) is 18.9 Å². The summed E-state index contributed by atoms with van der Waals surface area (Å²) in [5.74, 6) is 0. The zero-order valence-electron chi connectivity index (χ0n) is 8.99. The minimum atomic E-state index is 0.511. The molecule has 1 atom stereocenters. The van der Waals surface area contributed by atoms with Crippen LogP contribution in [0.25, 0.3) is 0 Å². The molecule has 1 aromatic rings. The molecule has 0 heterocycles. The van der Waals surface area contributed by atoms with E-state index in [2.05, 4.69) is 29.6 Å². The van der Waals surface area contributed by atoms with Crippen LogP contribution in [0.3, 0.4) is 0 Å². The molecule has 78 valence electrons. The lowest BCUT2D eigenvalue weighted by atomic mass is 10.0. The van der Waals surface area contributed by atoms with E-state index in [-0.39, 0.29) is 0 Å². The lowest BCUT2D eigenvalue weighted by Crippen LogP contribution is -2.28. The summed E-state index contributed by atoms with van der Waals surface area (Å²) in [4.78, 5) is 0.